The van der Waals surface area contributed by atoms with E-state index in [2.05, 4.69) is 21.9 Å². The molecule has 0 aromatic heterocycles. The van der Waals surface area contributed by atoms with E-state index >= 15 is 0 Å². The Morgan fingerprint density at radius 1 is 1.14 bits per heavy atom. The normalized spacial score (nSPS) is 23.2. The molecule has 7 heteroatoms. The van der Waals surface area contributed by atoms with Crippen molar-refractivity contribution in [3.8, 4) is 11.5 Å². The number of methoxy groups -OCH3 is 1. The fourth-order valence-corrected chi connectivity index (χ4v) is 4.41. The van der Waals surface area contributed by atoms with E-state index in [1.807, 2.05) is 11.0 Å². The van der Waals surface area contributed by atoms with E-state index in [0.717, 1.165) is 63.7 Å². The molecule has 1 atom stereocenters. The summed E-state index contributed by atoms with van der Waals surface area (Å²) < 4.78 is 15.9. The highest BCUT2D eigenvalue weighted by Gasteiger charge is 2.29. The summed E-state index contributed by atoms with van der Waals surface area (Å²) in [6.45, 7) is 7.78. The smallest absolute Gasteiger partial charge is 0.231 e. The van der Waals surface area contributed by atoms with Gasteiger partial charge in [-0.2, -0.15) is 0 Å². The topological polar surface area (TPSA) is 54.5 Å². The molecule has 1 aromatic carbocycles. The van der Waals surface area contributed by atoms with Gasteiger partial charge in [0.2, 0.25) is 12.7 Å². The molecular weight excluding hydrogens is 358 g/mol. The van der Waals surface area contributed by atoms with E-state index in [0.29, 0.717) is 25.9 Å². The molecule has 3 aliphatic rings. The molecule has 1 aromatic rings. The average Bonchev–Trinajstić information content (AvgIpc) is 3.20. The van der Waals surface area contributed by atoms with Crippen molar-refractivity contribution in [1.29, 1.82) is 0 Å². The van der Waals surface area contributed by atoms with Gasteiger partial charge in [0.15, 0.2) is 11.5 Å². The van der Waals surface area contributed by atoms with Gasteiger partial charge in [-0.15, -0.1) is 0 Å². The van der Waals surface area contributed by atoms with E-state index < -0.39 is 0 Å². The standard InChI is InChI=1S/C21H31N3O4/c1-26-12-6-21(25)24-7-2-3-18(15-24)23-10-8-22(9-11-23)14-17-4-5-19-20(13-17)28-16-27-19/h4-5,13,18H,2-3,6-12,14-16H2,1H3/t18-/m0/s1. The quantitative estimate of drug-likeness (QED) is 0.736. The molecule has 4 rings (SSSR count). The van der Waals surface area contributed by atoms with Crippen LogP contribution in [-0.4, -0.2) is 86.4 Å². The van der Waals surface area contributed by atoms with Gasteiger partial charge < -0.3 is 19.1 Å². The average molecular weight is 389 g/mol. The first-order valence-electron chi connectivity index (χ1n) is 10.3. The number of hydrogen-bond donors (Lipinski definition) is 0. The van der Waals surface area contributed by atoms with Crippen LogP contribution in [0, 0.1) is 0 Å². The fraction of sp³-hybridized carbons (Fsp3) is 0.667. The number of likely N-dealkylation sites (tertiary alicyclic amines) is 1. The summed E-state index contributed by atoms with van der Waals surface area (Å²) in [5.74, 6) is 1.93. The number of hydrogen-bond acceptors (Lipinski definition) is 6. The molecule has 154 valence electrons. The summed E-state index contributed by atoms with van der Waals surface area (Å²) in [5, 5.41) is 0. The zero-order valence-electron chi connectivity index (χ0n) is 16.8. The lowest BCUT2D eigenvalue weighted by atomic mass is 10.0. The first kappa shape index (κ1) is 19.5. The van der Waals surface area contributed by atoms with Gasteiger partial charge in [-0.3, -0.25) is 14.6 Å². The van der Waals surface area contributed by atoms with Gasteiger partial charge in [-0.05, 0) is 30.5 Å². The SMILES string of the molecule is COCCC(=O)N1CCC[C@H](N2CCN(Cc3ccc4c(c3)OCO4)CC2)C1. The molecule has 2 saturated heterocycles. The third-order valence-electron chi connectivity index (χ3n) is 6.04. The van der Waals surface area contributed by atoms with Crippen molar-refractivity contribution in [2.24, 2.45) is 0 Å². The molecule has 3 aliphatic heterocycles. The van der Waals surface area contributed by atoms with Gasteiger partial charge in [-0.1, -0.05) is 6.07 Å². The third kappa shape index (κ3) is 4.59. The Morgan fingerprint density at radius 3 is 2.79 bits per heavy atom. The van der Waals surface area contributed by atoms with Crippen LogP contribution >= 0.6 is 0 Å². The van der Waals surface area contributed by atoms with Crippen LogP contribution in [0.2, 0.25) is 0 Å². The number of amides is 1. The van der Waals surface area contributed by atoms with E-state index in [1.54, 1.807) is 7.11 Å². The fourth-order valence-electron chi connectivity index (χ4n) is 4.41. The van der Waals surface area contributed by atoms with Crippen molar-refractivity contribution in [2.45, 2.75) is 31.8 Å². The minimum Gasteiger partial charge on any atom is -0.454 e. The molecule has 0 unspecified atom stereocenters. The van der Waals surface area contributed by atoms with Gasteiger partial charge in [-0.25, -0.2) is 0 Å². The molecule has 0 bridgehead atoms. The van der Waals surface area contributed by atoms with Crippen molar-refractivity contribution in [3.05, 3.63) is 23.8 Å². The number of ether oxygens (including phenoxy) is 3. The largest absolute Gasteiger partial charge is 0.454 e. The molecule has 0 aliphatic carbocycles. The van der Waals surface area contributed by atoms with E-state index in [1.165, 1.54) is 12.0 Å². The monoisotopic (exact) mass is 389 g/mol. The number of benzene rings is 1. The van der Waals surface area contributed by atoms with Crippen LogP contribution in [0.25, 0.3) is 0 Å². The molecule has 1 amide bonds. The lowest BCUT2D eigenvalue weighted by Gasteiger charge is -2.43. The van der Waals surface area contributed by atoms with Gasteiger partial charge >= 0.3 is 0 Å². The molecule has 0 saturated carbocycles. The van der Waals surface area contributed by atoms with Crippen LogP contribution in [0.1, 0.15) is 24.8 Å². The van der Waals surface area contributed by atoms with Crippen LogP contribution in [0.4, 0.5) is 0 Å². The lowest BCUT2D eigenvalue weighted by Crippen LogP contribution is -2.55. The van der Waals surface area contributed by atoms with E-state index in [-0.39, 0.29) is 5.91 Å². The van der Waals surface area contributed by atoms with E-state index in [9.17, 15) is 4.79 Å². The maximum absolute atomic E-state index is 12.3. The Bertz CT molecular complexity index is 676. The molecule has 0 spiro atoms. The number of piperidine rings is 1. The first-order chi connectivity index (χ1) is 13.7. The minimum atomic E-state index is 0.230. The van der Waals surface area contributed by atoms with Gasteiger partial charge in [0.1, 0.15) is 0 Å². The van der Waals surface area contributed by atoms with Gasteiger partial charge in [0.25, 0.3) is 0 Å². The summed E-state index contributed by atoms with van der Waals surface area (Å²) in [4.78, 5) is 19.4. The Hall–Kier alpha value is -1.83. The van der Waals surface area contributed by atoms with Crippen molar-refractivity contribution >= 4 is 5.91 Å². The number of carbonyl (C=O) groups is 1. The predicted octanol–water partition coefficient (Wildman–Crippen LogP) is 1.56. The highest BCUT2D eigenvalue weighted by atomic mass is 16.7. The van der Waals surface area contributed by atoms with Gasteiger partial charge in [0, 0.05) is 59.0 Å². The zero-order valence-corrected chi connectivity index (χ0v) is 16.8. The summed E-state index contributed by atoms with van der Waals surface area (Å²) >= 11 is 0. The Balaban J connectivity index is 1.25. The van der Waals surface area contributed by atoms with E-state index in [4.69, 9.17) is 14.2 Å². The Kier molecular flexibility index (Phi) is 6.34. The number of rotatable bonds is 6. The second-order valence-electron chi connectivity index (χ2n) is 7.88. The van der Waals surface area contributed by atoms with Crippen molar-refractivity contribution in [2.75, 3.05) is 59.8 Å². The number of fused-ring (bicyclic) bond motifs is 1. The highest BCUT2D eigenvalue weighted by Crippen LogP contribution is 2.33. The number of nitrogens with zero attached hydrogens (tertiary/aromatic N) is 3. The van der Waals surface area contributed by atoms with Crippen LogP contribution in [0.5, 0.6) is 11.5 Å². The second kappa shape index (κ2) is 9.11. The third-order valence-corrected chi connectivity index (χ3v) is 6.04. The molecule has 28 heavy (non-hydrogen) atoms. The molecule has 2 fully saturated rings. The second-order valence-corrected chi connectivity index (χ2v) is 7.88. The summed E-state index contributed by atoms with van der Waals surface area (Å²) in [6.07, 6.45) is 2.78. The maximum atomic E-state index is 12.3. The van der Waals surface area contributed by atoms with Crippen LogP contribution in [0.3, 0.4) is 0 Å². The van der Waals surface area contributed by atoms with Crippen LogP contribution in [0.15, 0.2) is 18.2 Å². The van der Waals surface area contributed by atoms with Crippen molar-refractivity contribution in [3.63, 3.8) is 0 Å². The lowest BCUT2D eigenvalue weighted by molar-refractivity contribution is -0.134. The Labute approximate surface area is 167 Å². The summed E-state index contributed by atoms with van der Waals surface area (Å²) in [6, 6.07) is 6.72. The van der Waals surface area contributed by atoms with Crippen molar-refractivity contribution < 1.29 is 19.0 Å². The molecule has 0 radical (unpaired) electrons. The zero-order chi connectivity index (χ0) is 19.3. The molecule has 7 nitrogen and oxygen atoms in total. The minimum absolute atomic E-state index is 0.230. The maximum Gasteiger partial charge on any atom is 0.231 e. The summed E-state index contributed by atoms with van der Waals surface area (Å²) in [7, 11) is 1.65. The summed E-state index contributed by atoms with van der Waals surface area (Å²) in [5.41, 5.74) is 1.27. The Morgan fingerprint density at radius 2 is 1.96 bits per heavy atom. The van der Waals surface area contributed by atoms with Crippen molar-refractivity contribution in [1.82, 2.24) is 14.7 Å². The first-order valence-corrected chi connectivity index (χ1v) is 10.3. The number of piperazine rings is 1. The van der Waals surface area contributed by atoms with Crippen LogP contribution in [-0.2, 0) is 16.1 Å². The van der Waals surface area contributed by atoms with Gasteiger partial charge in [0.05, 0.1) is 13.0 Å². The molecule has 0 N–H and O–H groups in total. The predicted molar refractivity (Wildman–Crippen MR) is 106 cm³/mol. The van der Waals surface area contributed by atoms with Crippen LogP contribution < -0.4 is 9.47 Å². The highest BCUT2D eigenvalue weighted by molar-refractivity contribution is 5.76. The number of carbonyl (C=O) groups excluding carboxylic acids is 1. The molecular formula is C21H31N3O4. The molecule has 3 heterocycles.